The van der Waals surface area contributed by atoms with Gasteiger partial charge in [0.25, 0.3) is 5.56 Å². The number of aromatic nitrogens is 2. The molecule has 0 unspecified atom stereocenters. The lowest BCUT2D eigenvalue weighted by Gasteiger charge is -2.10. The number of para-hydroxylation sites is 1. The molecule has 2 aromatic heterocycles. The van der Waals surface area contributed by atoms with Crippen LogP contribution in [0.5, 0.6) is 0 Å². The molecule has 96 valence electrons. The topological polar surface area (TPSA) is 68.3 Å². The predicted octanol–water partition coefficient (Wildman–Crippen LogP) is 1.65. The molecule has 5 nitrogen and oxygen atoms in total. The van der Waals surface area contributed by atoms with Crippen LogP contribution in [-0.4, -0.2) is 21.3 Å². The molecule has 1 N–H and O–H groups in total. The quantitative estimate of drug-likeness (QED) is 0.773. The molecule has 19 heavy (non-hydrogen) atoms. The van der Waals surface area contributed by atoms with Crippen LogP contribution in [-0.2, 0) is 6.54 Å². The first-order valence-electron chi connectivity index (χ1n) is 5.95. The Morgan fingerprint density at radius 1 is 1.21 bits per heavy atom. The van der Waals surface area contributed by atoms with Gasteiger partial charge in [0.05, 0.1) is 30.3 Å². The van der Waals surface area contributed by atoms with Crippen molar-refractivity contribution in [1.82, 2.24) is 9.55 Å². The van der Waals surface area contributed by atoms with Gasteiger partial charge in [-0.1, -0.05) is 12.1 Å². The zero-order valence-electron chi connectivity index (χ0n) is 10.1. The molecular formula is C14H12N2O3. The van der Waals surface area contributed by atoms with Crippen molar-refractivity contribution in [2.45, 2.75) is 6.54 Å². The van der Waals surface area contributed by atoms with Gasteiger partial charge >= 0.3 is 0 Å². The van der Waals surface area contributed by atoms with E-state index in [9.17, 15) is 4.79 Å². The molecule has 2 heterocycles. The summed E-state index contributed by atoms with van der Waals surface area (Å²) in [6, 6.07) is 10.6. The molecule has 0 fully saturated rings. The lowest BCUT2D eigenvalue weighted by Crippen LogP contribution is -2.24. The maximum atomic E-state index is 12.4. The number of rotatable bonds is 3. The number of aliphatic hydroxyl groups is 1. The van der Waals surface area contributed by atoms with Crippen LogP contribution in [0, 0.1) is 0 Å². The molecule has 0 aliphatic carbocycles. The fourth-order valence-corrected chi connectivity index (χ4v) is 2.07. The van der Waals surface area contributed by atoms with Crippen LogP contribution < -0.4 is 5.56 Å². The highest BCUT2D eigenvalue weighted by Crippen LogP contribution is 2.19. The second kappa shape index (κ2) is 4.70. The largest absolute Gasteiger partial charge is 0.461 e. The molecule has 0 bridgehead atoms. The van der Waals surface area contributed by atoms with Crippen LogP contribution in [0.1, 0.15) is 0 Å². The van der Waals surface area contributed by atoms with Crippen molar-refractivity contribution < 1.29 is 9.52 Å². The Bertz CT molecular complexity index is 760. The number of hydrogen-bond acceptors (Lipinski definition) is 4. The molecule has 0 saturated carbocycles. The third kappa shape index (κ3) is 1.94. The van der Waals surface area contributed by atoms with E-state index in [-0.39, 0.29) is 18.7 Å². The van der Waals surface area contributed by atoms with E-state index in [0.29, 0.717) is 22.5 Å². The number of benzene rings is 1. The summed E-state index contributed by atoms with van der Waals surface area (Å²) in [6.07, 6.45) is 1.53. The minimum atomic E-state index is -0.175. The highest BCUT2D eigenvalue weighted by Gasteiger charge is 2.13. The zero-order chi connectivity index (χ0) is 13.2. The van der Waals surface area contributed by atoms with Gasteiger partial charge in [0.15, 0.2) is 11.6 Å². The Labute approximate surface area is 108 Å². The molecule has 3 rings (SSSR count). The first-order chi connectivity index (χ1) is 9.31. The second-order valence-electron chi connectivity index (χ2n) is 4.11. The molecule has 0 radical (unpaired) electrons. The van der Waals surface area contributed by atoms with Crippen molar-refractivity contribution in [3.05, 3.63) is 53.0 Å². The molecule has 0 aliphatic rings. The normalized spacial score (nSPS) is 11.0. The summed E-state index contributed by atoms with van der Waals surface area (Å²) >= 11 is 0. The number of nitrogens with zero attached hydrogens (tertiary/aromatic N) is 2. The smallest absolute Gasteiger partial charge is 0.261 e. The summed E-state index contributed by atoms with van der Waals surface area (Å²) in [5.74, 6) is 0.944. The monoisotopic (exact) mass is 256 g/mol. The lowest BCUT2D eigenvalue weighted by molar-refractivity contribution is 0.274. The van der Waals surface area contributed by atoms with Crippen molar-refractivity contribution in [2.75, 3.05) is 6.61 Å². The van der Waals surface area contributed by atoms with Gasteiger partial charge in [0, 0.05) is 0 Å². The summed E-state index contributed by atoms with van der Waals surface area (Å²) in [4.78, 5) is 16.9. The van der Waals surface area contributed by atoms with Gasteiger partial charge in [-0.2, -0.15) is 0 Å². The number of fused-ring (bicyclic) bond motifs is 1. The Morgan fingerprint density at radius 3 is 2.79 bits per heavy atom. The summed E-state index contributed by atoms with van der Waals surface area (Å²) < 4.78 is 6.74. The summed E-state index contributed by atoms with van der Waals surface area (Å²) in [5.41, 5.74) is 0.444. The van der Waals surface area contributed by atoms with E-state index >= 15 is 0 Å². The van der Waals surface area contributed by atoms with Crippen molar-refractivity contribution in [1.29, 1.82) is 0 Å². The van der Waals surface area contributed by atoms with Crippen molar-refractivity contribution in [3.8, 4) is 11.6 Å². The maximum absolute atomic E-state index is 12.4. The molecule has 0 atom stereocenters. The minimum Gasteiger partial charge on any atom is -0.461 e. The molecule has 0 saturated heterocycles. The Hall–Kier alpha value is -2.40. The van der Waals surface area contributed by atoms with Gasteiger partial charge < -0.3 is 9.52 Å². The van der Waals surface area contributed by atoms with E-state index in [0.717, 1.165) is 0 Å². The van der Waals surface area contributed by atoms with Gasteiger partial charge in [0.2, 0.25) is 0 Å². The Balaban J connectivity index is 2.36. The van der Waals surface area contributed by atoms with E-state index in [1.807, 2.05) is 6.07 Å². The molecule has 0 spiro atoms. The third-order valence-corrected chi connectivity index (χ3v) is 2.93. The molecule has 5 heteroatoms. The first kappa shape index (κ1) is 11.7. The summed E-state index contributed by atoms with van der Waals surface area (Å²) in [6.45, 7) is 0.0559. The SMILES string of the molecule is O=c1c2ccccc2nc(-c2ccco2)n1CCO. The Kier molecular flexibility index (Phi) is 2.89. The minimum absolute atomic E-state index is 0.131. The number of aliphatic hydroxyl groups excluding tert-OH is 1. The average Bonchev–Trinajstić information content (AvgIpc) is 2.96. The molecular weight excluding hydrogens is 244 g/mol. The highest BCUT2D eigenvalue weighted by atomic mass is 16.3. The van der Waals surface area contributed by atoms with Crippen LogP contribution in [0.25, 0.3) is 22.5 Å². The fraction of sp³-hybridized carbons (Fsp3) is 0.143. The molecule has 3 aromatic rings. The zero-order valence-corrected chi connectivity index (χ0v) is 10.1. The highest BCUT2D eigenvalue weighted by molar-refractivity contribution is 5.79. The van der Waals surface area contributed by atoms with Gasteiger partial charge in [0.1, 0.15) is 0 Å². The fourth-order valence-electron chi connectivity index (χ4n) is 2.07. The van der Waals surface area contributed by atoms with E-state index in [2.05, 4.69) is 4.98 Å². The van der Waals surface area contributed by atoms with Crippen molar-refractivity contribution in [2.24, 2.45) is 0 Å². The lowest BCUT2D eigenvalue weighted by atomic mass is 10.2. The van der Waals surface area contributed by atoms with Crippen LogP contribution in [0.3, 0.4) is 0 Å². The van der Waals surface area contributed by atoms with Gasteiger partial charge in [-0.25, -0.2) is 4.98 Å². The van der Waals surface area contributed by atoms with Gasteiger partial charge in [-0.3, -0.25) is 9.36 Å². The summed E-state index contributed by atoms with van der Waals surface area (Å²) in [5, 5.41) is 9.65. The Morgan fingerprint density at radius 2 is 2.05 bits per heavy atom. The van der Waals surface area contributed by atoms with E-state index in [4.69, 9.17) is 9.52 Å². The van der Waals surface area contributed by atoms with E-state index in [1.165, 1.54) is 10.8 Å². The molecule has 1 aromatic carbocycles. The second-order valence-corrected chi connectivity index (χ2v) is 4.11. The van der Waals surface area contributed by atoms with Crippen molar-refractivity contribution >= 4 is 10.9 Å². The van der Waals surface area contributed by atoms with E-state index in [1.54, 1.807) is 30.3 Å². The van der Waals surface area contributed by atoms with Crippen molar-refractivity contribution in [3.63, 3.8) is 0 Å². The standard InChI is InChI=1S/C14H12N2O3/c17-8-7-16-13(12-6-3-9-19-12)15-11-5-2-1-4-10(11)14(16)18/h1-6,9,17H,7-8H2. The predicted molar refractivity (Wildman–Crippen MR) is 70.8 cm³/mol. The number of furan rings is 1. The number of hydrogen-bond donors (Lipinski definition) is 1. The maximum Gasteiger partial charge on any atom is 0.261 e. The average molecular weight is 256 g/mol. The van der Waals surface area contributed by atoms with Gasteiger partial charge in [-0.15, -0.1) is 0 Å². The first-order valence-corrected chi connectivity index (χ1v) is 5.95. The van der Waals surface area contributed by atoms with Crippen LogP contribution >= 0.6 is 0 Å². The molecule has 0 amide bonds. The molecule has 0 aliphatic heterocycles. The summed E-state index contributed by atoms with van der Waals surface area (Å²) in [7, 11) is 0. The van der Waals surface area contributed by atoms with Crippen LogP contribution in [0.4, 0.5) is 0 Å². The van der Waals surface area contributed by atoms with Gasteiger partial charge in [-0.05, 0) is 24.3 Å². The third-order valence-electron chi connectivity index (χ3n) is 2.93. The van der Waals surface area contributed by atoms with E-state index < -0.39 is 0 Å². The van der Waals surface area contributed by atoms with Crippen LogP contribution in [0.15, 0.2) is 51.9 Å². The van der Waals surface area contributed by atoms with Crippen LogP contribution in [0.2, 0.25) is 0 Å².